The number of hydrogen-bond acceptors (Lipinski definition) is 1. The number of aliphatic hydroxyl groups is 1. The zero-order chi connectivity index (χ0) is 8.69. The molecule has 0 aromatic heterocycles. The van der Waals surface area contributed by atoms with Gasteiger partial charge in [0, 0.05) is 6.61 Å². The van der Waals surface area contributed by atoms with Crippen molar-refractivity contribution in [3.8, 4) is 0 Å². The predicted octanol–water partition coefficient (Wildman–Crippen LogP) is 2.83. The van der Waals surface area contributed by atoms with Crippen molar-refractivity contribution in [2.24, 2.45) is 11.8 Å². The van der Waals surface area contributed by atoms with Gasteiger partial charge < -0.3 is 5.11 Å². The highest BCUT2D eigenvalue weighted by Crippen LogP contribution is 2.16. The summed E-state index contributed by atoms with van der Waals surface area (Å²) in [7, 11) is 0. The molecule has 0 radical (unpaired) electrons. The average molecular weight is 158 g/mol. The lowest BCUT2D eigenvalue weighted by atomic mass is 9.93. The lowest BCUT2D eigenvalue weighted by molar-refractivity contribution is 0.195. The van der Waals surface area contributed by atoms with Crippen molar-refractivity contribution in [1.29, 1.82) is 0 Å². The quantitative estimate of drug-likeness (QED) is 0.630. The van der Waals surface area contributed by atoms with Gasteiger partial charge in [-0.15, -0.1) is 0 Å². The molecule has 1 N–H and O–H groups in total. The molecule has 0 aromatic rings. The molecule has 1 heteroatoms. The molecule has 0 aliphatic rings. The van der Waals surface area contributed by atoms with E-state index in [0.29, 0.717) is 12.5 Å². The first kappa shape index (κ1) is 11.0. The van der Waals surface area contributed by atoms with Gasteiger partial charge in [0.1, 0.15) is 0 Å². The molecule has 0 aromatic carbocycles. The van der Waals surface area contributed by atoms with E-state index in [2.05, 4.69) is 20.8 Å². The van der Waals surface area contributed by atoms with Crippen LogP contribution in [0.3, 0.4) is 0 Å². The Balaban J connectivity index is 3.41. The fourth-order valence-electron chi connectivity index (χ4n) is 1.44. The zero-order valence-corrected chi connectivity index (χ0v) is 8.14. The Morgan fingerprint density at radius 1 is 1.27 bits per heavy atom. The summed E-state index contributed by atoms with van der Waals surface area (Å²) < 4.78 is 0. The molecule has 0 fully saturated rings. The SMILES string of the molecule is CCCCC(CO)CC(C)C. The molecule has 1 nitrogen and oxygen atoms in total. The van der Waals surface area contributed by atoms with Gasteiger partial charge in [-0.05, 0) is 24.7 Å². The molecular formula is C10H22O. The van der Waals surface area contributed by atoms with Crippen LogP contribution in [0.2, 0.25) is 0 Å². The van der Waals surface area contributed by atoms with Gasteiger partial charge in [-0.25, -0.2) is 0 Å². The van der Waals surface area contributed by atoms with Gasteiger partial charge in [0.2, 0.25) is 0 Å². The van der Waals surface area contributed by atoms with E-state index in [9.17, 15) is 0 Å². The summed E-state index contributed by atoms with van der Waals surface area (Å²) in [6.45, 7) is 7.01. The first-order valence-corrected chi connectivity index (χ1v) is 4.81. The van der Waals surface area contributed by atoms with Crippen LogP contribution in [0.4, 0.5) is 0 Å². The van der Waals surface area contributed by atoms with Crippen LogP contribution in [0.5, 0.6) is 0 Å². The van der Waals surface area contributed by atoms with E-state index in [1.54, 1.807) is 0 Å². The first-order chi connectivity index (χ1) is 5.20. The molecule has 1 unspecified atom stereocenters. The topological polar surface area (TPSA) is 20.2 Å². The molecule has 0 spiro atoms. The maximum absolute atomic E-state index is 9.00. The number of rotatable bonds is 6. The van der Waals surface area contributed by atoms with Crippen LogP contribution in [0.15, 0.2) is 0 Å². The Morgan fingerprint density at radius 3 is 2.27 bits per heavy atom. The van der Waals surface area contributed by atoms with Gasteiger partial charge in [0.25, 0.3) is 0 Å². The van der Waals surface area contributed by atoms with E-state index in [-0.39, 0.29) is 0 Å². The summed E-state index contributed by atoms with van der Waals surface area (Å²) >= 11 is 0. The summed E-state index contributed by atoms with van der Waals surface area (Å²) in [5, 5.41) is 9.00. The lowest BCUT2D eigenvalue weighted by Crippen LogP contribution is -2.09. The standard InChI is InChI=1S/C10H22O/c1-4-5-6-10(8-11)7-9(2)3/h9-11H,4-8H2,1-3H3. The highest BCUT2D eigenvalue weighted by atomic mass is 16.3. The smallest absolute Gasteiger partial charge is 0.0459 e. The Hall–Kier alpha value is -0.0400. The minimum absolute atomic E-state index is 0.373. The zero-order valence-electron chi connectivity index (χ0n) is 8.14. The molecule has 0 heterocycles. The molecule has 68 valence electrons. The largest absolute Gasteiger partial charge is 0.396 e. The number of hydrogen-bond donors (Lipinski definition) is 1. The molecule has 0 saturated heterocycles. The van der Waals surface area contributed by atoms with Gasteiger partial charge in [-0.1, -0.05) is 33.6 Å². The Labute approximate surface area is 70.8 Å². The molecule has 0 saturated carbocycles. The van der Waals surface area contributed by atoms with Gasteiger partial charge in [0.15, 0.2) is 0 Å². The van der Waals surface area contributed by atoms with Crippen LogP contribution < -0.4 is 0 Å². The van der Waals surface area contributed by atoms with Gasteiger partial charge in [-0.2, -0.15) is 0 Å². The molecule has 11 heavy (non-hydrogen) atoms. The summed E-state index contributed by atoms with van der Waals surface area (Å²) in [4.78, 5) is 0. The first-order valence-electron chi connectivity index (χ1n) is 4.81. The van der Waals surface area contributed by atoms with Crippen molar-refractivity contribution >= 4 is 0 Å². The number of aliphatic hydroxyl groups excluding tert-OH is 1. The normalized spacial score (nSPS) is 13.9. The van der Waals surface area contributed by atoms with Crippen molar-refractivity contribution < 1.29 is 5.11 Å². The van der Waals surface area contributed by atoms with Gasteiger partial charge >= 0.3 is 0 Å². The third-order valence-corrected chi connectivity index (χ3v) is 2.03. The monoisotopic (exact) mass is 158 g/mol. The molecule has 0 rings (SSSR count). The summed E-state index contributed by atoms with van der Waals surface area (Å²) in [5.41, 5.74) is 0. The van der Waals surface area contributed by atoms with Crippen molar-refractivity contribution in [3.63, 3.8) is 0 Å². The Kier molecular flexibility index (Phi) is 6.63. The second-order valence-electron chi connectivity index (χ2n) is 3.82. The molecular weight excluding hydrogens is 136 g/mol. The van der Waals surface area contributed by atoms with E-state index in [1.807, 2.05) is 0 Å². The van der Waals surface area contributed by atoms with Crippen LogP contribution in [0, 0.1) is 11.8 Å². The maximum atomic E-state index is 9.00. The van der Waals surface area contributed by atoms with Crippen LogP contribution in [0.1, 0.15) is 46.5 Å². The van der Waals surface area contributed by atoms with E-state index in [4.69, 9.17) is 5.11 Å². The molecule has 1 atom stereocenters. The second kappa shape index (κ2) is 6.66. The molecule has 0 aliphatic carbocycles. The molecule has 0 bridgehead atoms. The summed E-state index contributed by atoms with van der Waals surface area (Å²) in [5.74, 6) is 1.28. The predicted molar refractivity (Wildman–Crippen MR) is 49.6 cm³/mol. The number of unbranched alkanes of at least 4 members (excludes halogenated alkanes) is 1. The third kappa shape index (κ3) is 6.36. The summed E-state index contributed by atoms with van der Waals surface area (Å²) in [6.07, 6.45) is 4.88. The fourth-order valence-corrected chi connectivity index (χ4v) is 1.44. The maximum Gasteiger partial charge on any atom is 0.0459 e. The van der Waals surface area contributed by atoms with Crippen LogP contribution >= 0.6 is 0 Å². The van der Waals surface area contributed by atoms with Crippen LogP contribution in [0.25, 0.3) is 0 Å². The summed E-state index contributed by atoms with van der Waals surface area (Å²) in [6, 6.07) is 0. The highest BCUT2D eigenvalue weighted by molar-refractivity contribution is 4.59. The van der Waals surface area contributed by atoms with E-state index in [1.165, 1.54) is 25.7 Å². The van der Waals surface area contributed by atoms with E-state index < -0.39 is 0 Å². The van der Waals surface area contributed by atoms with Crippen LogP contribution in [-0.2, 0) is 0 Å². The van der Waals surface area contributed by atoms with Crippen LogP contribution in [-0.4, -0.2) is 11.7 Å². The van der Waals surface area contributed by atoms with Crippen molar-refractivity contribution in [1.82, 2.24) is 0 Å². The van der Waals surface area contributed by atoms with Gasteiger partial charge in [0.05, 0.1) is 0 Å². The molecule has 0 aliphatic heterocycles. The fraction of sp³-hybridized carbons (Fsp3) is 1.00. The van der Waals surface area contributed by atoms with Crippen molar-refractivity contribution in [2.45, 2.75) is 46.5 Å². The minimum Gasteiger partial charge on any atom is -0.396 e. The minimum atomic E-state index is 0.373. The highest BCUT2D eigenvalue weighted by Gasteiger charge is 2.08. The van der Waals surface area contributed by atoms with Gasteiger partial charge in [-0.3, -0.25) is 0 Å². The van der Waals surface area contributed by atoms with E-state index >= 15 is 0 Å². The second-order valence-corrected chi connectivity index (χ2v) is 3.82. The van der Waals surface area contributed by atoms with Crippen molar-refractivity contribution in [3.05, 3.63) is 0 Å². The Morgan fingerprint density at radius 2 is 1.91 bits per heavy atom. The lowest BCUT2D eigenvalue weighted by Gasteiger charge is -2.15. The average Bonchev–Trinajstić information content (AvgIpc) is 1.97. The van der Waals surface area contributed by atoms with Crippen molar-refractivity contribution in [2.75, 3.05) is 6.61 Å². The third-order valence-electron chi connectivity index (χ3n) is 2.03. The Bertz CT molecular complexity index is 78.9. The molecule has 0 amide bonds. The van der Waals surface area contributed by atoms with E-state index in [0.717, 1.165) is 5.92 Å².